The van der Waals surface area contributed by atoms with Gasteiger partial charge in [-0.05, 0) is 67.7 Å². The van der Waals surface area contributed by atoms with Gasteiger partial charge in [-0.1, -0.05) is 25.0 Å². The summed E-state index contributed by atoms with van der Waals surface area (Å²) in [4.78, 5) is 14.9. The zero-order valence-corrected chi connectivity index (χ0v) is 17.2. The van der Waals surface area contributed by atoms with Gasteiger partial charge in [-0.3, -0.25) is 4.79 Å². The Morgan fingerprint density at radius 2 is 1.85 bits per heavy atom. The van der Waals surface area contributed by atoms with Crippen LogP contribution in [-0.2, 0) is 4.79 Å². The normalized spacial score (nSPS) is 29.4. The molecule has 3 atom stereocenters. The number of ether oxygens (including phenoxy) is 1. The summed E-state index contributed by atoms with van der Waals surface area (Å²) < 4.78 is 6.39. The Kier molecular flexibility index (Phi) is 6.04. The lowest BCUT2D eigenvalue weighted by Gasteiger charge is -2.33. The number of nitrogens with zero attached hydrogens (tertiary/aromatic N) is 1. The molecule has 1 aromatic rings. The van der Waals surface area contributed by atoms with Crippen LogP contribution < -0.4 is 4.74 Å². The summed E-state index contributed by atoms with van der Waals surface area (Å²) in [5.74, 6) is 4.18. The molecular weight excluding hydrogens is 362 g/mol. The molecule has 2 aliphatic heterocycles. The molecule has 0 aromatic heterocycles. The fourth-order valence-electron chi connectivity index (χ4n) is 4.76. The van der Waals surface area contributed by atoms with E-state index in [1.807, 2.05) is 35.7 Å². The Morgan fingerprint density at radius 3 is 2.62 bits per heavy atom. The Balaban J connectivity index is 1.32. The van der Waals surface area contributed by atoms with E-state index in [0.29, 0.717) is 22.6 Å². The van der Waals surface area contributed by atoms with Crippen molar-refractivity contribution >= 4 is 29.4 Å². The van der Waals surface area contributed by atoms with Gasteiger partial charge in [0.05, 0.1) is 4.58 Å². The highest BCUT2D eigenvalue weighted by atomic mass is 32.2. The Bertz CT molecular complexity index is 615. The van der Waals surface area contributed by atoms with Crippen LogP contribution in [0.25, 0.3) is 0 Å². The van der Waals surface area contributed by atoms with Crippen molar-refractivity contribution in [3.63, 3.8) is 0 Å². The van der Waals surface area contributed by atoms with Crippen LogP contribution in [0.15, 0.2) is 24.3 Å². The lowest BCUT2D eigenvalue weighted by molar-refractivity contribution is -0.136. The van der Waals surface area contributed by atoms with Crippen LogP contribution in [0.2, 0.25) is 0 Å². The first-order valence-corrected chi connectivity index (χ1v) is 12.1. The molecule has 142 valence electrons. The Morgan fingerprint density at radius 1 is 1.12 bits per heavy atom. The van der Waals surface area contributed by atoms with Crippen LogP contribution in [0.5, 0.6) is 5.75 Å². The second-order valence-corrected chi connectivity index (χ2v) is 10.5. The van der Waals surface area contributed by atoms with E-state index in [0.717, 1.165) is 5.75 Å². The summed E-state index contributed by atoms with van der Waals surface area (Å²) in [6.45, 7) is 2.37. The minimum absolute atomic E-state index is 0.161. The van der Waals surface area contributed by atoms with E-state index >= 15 is 0 Å². The Labute approximate surface area is 165 Å². The monoisotopic (exact) mass is 391 g/mol. The molecule has 0 N–H and O–H groups in total. The Hall–Kier alpha value is -0.810. The molecule has 0 bridgehead atoms. The maximum atomic E-state index is 12.8. The molecular formula is C21H29NO2S2. The molecule has 0 radical (unpaired) electrons. The number of thioether (sulfide) groups is 2. The van der Waals surface area contributed by atoms with E-state index in [1.165, 1.54) is 55.6 Å². The molecule has 3 nitrogen and oxygen atoms in total. The van der Waals surface area contributed by atoms with Crippen LogP contribution in [0.4, 0.5) is 0 Å². The van der Waals surface area contributed by atoms with Gasteiger partial charge in [0.15, 0.2) is 6.61 Å². The van der Waals surface area contributed by atoms with E-state index in [1.54, 1.807) is 0 Å². The van der Waals surface area contributed by atoms with E-state index in [2.05, 4.69) is 24.0 Å². The molecule has 1 aromatic carbocycles. The quantitative estimate of drug-likeness (QED) is 0.713. The van der Waals surface area contributed by atoms with Crippen molar-refractivity contribution < 1.29 is 9.53 Å². The fraction of sp³-hybridized carbons (Fsp3) is 0.667. The number of hydrogen-bond acceptors (Lipinski definition) is 4. The number of likely N-dealkylation sites (tertiary alicyclic amines) is 1. The molecule has 2 heterocycles. The van der Waals surface area contributed by atoms with Crippen LogP contribution >= 0.6 is 23.5 Å². The van der Waals surface area contributed by atoms with Crippen LogP contribution in [-0.4, -0.2) is 41.0 Å². The predicted octanol–water partition coefficient (Wildman–Crippen LogP) is 5.11. The molecule has 3 aliphatic rings. The lowest BCUT2D eigenvalue weighted by Crippen LogP contribution is -2.44. The largest absolute Gasteiger partial charge is 0.484 e. The molecule has 4 rings (SSSR count). The van der Waals surface area contributed by atoms with Gasteiger partial charge < -0.3 is 9.64 Å². The van der Waals surface area contributed by atoms with Crippen molar-refractivity contribution in [1.82, 2.24) is 4.90 Å². The van der Waals surface area contributed by atoms with Gasteiger partial charge in [0.25, 0.3) is 5.91 Å². The maximum absolute atomic E-state index is 12.8. The third kappa shape index (κ3) is 4.04. The molecule has 5 heteroatoms. The molecule has 1 aliphatic carbocycles. The van der Waals surface area contributed by atoms with Crippen molar-refractivity contribution in [2.45, 2.75) is 62.1 Å². The minimum atomic E-state index is 0.161. The lowest BCUT2D eigenvalue weighted by atomic mass is 9.85. The highest BCUT2D eigenvalue weighted by Gasteiger charge is 2.42. The zero-order chi connectivity index (χ0) is 17.9. The maximum Gasteiger partial charge on any atom is 0.261 e. The molecule has 1 amide bonds. The minimum Gasteiger partial charge on any atom is -0.484 e. The van der Waals surface area contributed by atoms with E-state index in [-0.39, 0.29) is 12.5 Å². The van der Waals surface area contributed by atoms with Crippen LogP contribution in [0.3, 0.4) is 0 Å². The number of carbonyl (C=O) groups excluding carboxylic acids is 1. The summed E-state index contributed by atoms with van der Waals surface area (Å²) >= 11 is 4.06. The average molecular weight is 392 g/mol. The van der Waals surface area contributed by atoms with Crippen molar-refractivity contribution in [2.24, 2.45) is 5.92 Å². The van der Waals surface area contributed by atoms with E-state index in [4.69, 9.17) is 4.74 Å². The van der Waals surface area contributed by atoms with Gasteiger partial charge in [0.2, 0.25) is 0 Å². The topological polar surface area (TPSA) is 29.5 Å². The van der Waals surface area contributed by atoms with Crippen molar-refractivity contribution in [2.75, 3.05) is 18.1 Å². The van der Waals surface area contributed by atoms with Crippen molar-refractivity contribution in [3.8, 4) is 5.75 Å². The van der Waals surface area contributed by atoms with Gasteiger partial charge in [0.1, 0.15) is 5.75 Å². The number of rotatable bonds is 4. The number of hydrogen-bond donors (Lipinski definition) is 0. The standard InChI is InChI=1S/C21H29NO2S2/c1-15-13-17-5-2-3-6-19(17)22(15)20(23)14-24-18-9-7-16(8-10-18)21-25-11-4-12-26-21/h7-10,15,17,19,21H,2-6,11-14H2,1H3. The van der Waals surface area contributed by atoms with Crippen LogP contribution in [0.1, 0.15) is 55.6 Å². The van der Waals surface area contributed by atoms with E-state index in [9.17, 15) is 4.79 Å². The summed E-state index contributed by atoms with van der Waals surface area (Å²) in [6, 6.07) is 9.18. The van der Waals surface area contributed by atoms with Gasteiger partial charge in [-0.2, -0.15) is 0 Å². The molecule has 26 heavy (non-hydrogen) atoms. The summed E-state index contributed by atoms with van der Waals surface area (Å²) in [7, 11) is 0. The first-order valence-electron chi connectivity index (χ1n) is 9.99. The summed E-state index contributed by atoms with van der Waals surface area (Å²) in [5, 5.41) is 0. The summed E-state index contributed by atoms with van der Waals surface area (Å²) in [6.07, 6.45) is 7.53. The number of amides is 1. The summed E-state index contributed by atoms with van der Waals surface area (Å²) in [5.41, 5.74) is 1.36. The second kappa shape index (κ2) is 8.47. The SMILES string of the molecule is CC1CC2CCCCC2N1C(=O)COc1ccc(C2SCCCS2)cc1. The van der Waals surface area contributed by atoms with Crippen molar-refractivity contribution in [3.05, 3.63) is 29.8 Å². The molecule has 3 fully saturated rings. The number of carbonyl (C=O) groups is 1. The average Bonchev–Trinajstić information content (AvgIpc) is 3.03. The molecule has 0 spiro atoms. The first-order chi connectivity index (χ1) is 12.7. The fourth-order valence-corrected chi connectivity index (χ4v) is 7.65. The first kappa shape index (κ1) is 18.5. The smallest absolute Gasteiger partial charge is 0.261 e. The number of fused-ring (bicyclic) bond motifs is 1. The van der Waals surface area contributed by atoms with Gasteiger partial charge in [-0.25, -0.2) is 0 Å². The van der Waals surface area contributed by atoms with Crippen molar-refractivity contribution in [1.29, 1.82) is 0 Å². The molecule has 1 saturated carbocycles. The highest BCUT2D eigenvalue weighted by Crippen LogP contribution is 2.44. The molecule has 2 saturated heterocycles. The van der Waals surface area contributed by atoms with Crippen LogP contribution in [0, 0.1) is 5.92 Å². The third-order valence-corrected chi connectivity index (χ3v) is 8.99. The van der Waals surface area contributed by atoms with Gasteiger partial charge >= 0.3 is 0 Å². The zero-order valence-electron chi connectivity index (χ0n) is 15.6. The van der Waals surface area contributed by atoms with Gasteiger partial charge in [0, 0.05) is 12.1 Å². The van der Waals surface area contributed by atoms with Gasteiger partial charge in [-0.15, -0.1) is 23.5 Å². The third-order valence-electron chi connectivity index (χ3n) is 5.97. The highest BCUT2D eigenvalue weighted by molar-refractivity contribution is 8.16. The number of benzene rings is 1. The molecule has 3 unspecified atom stereocenters. The predicted molar refractivity (Wildman–Crippen MR) is 111 cm³/mol. The van der Waals surface area contributed by atoms with E-state index < -0.39 is 0 Å². The second-order valence-electron chi connectivity index (χ2n) is 7.78.